The predicted molar refractivity (Wildman–Crippen MR) is 108 cm³/mol. The summed E-state index contributed by atoms with van der Waals surface area (Å²) in [5.41, 5.74) is 2.25. The molecule has 3 aromatic rings. The lowest BCUT2D eigenvalue weighted by Gasteiger charge is -2.20. The van der Waals surface area contributed by atoms with Gasteiger partial charge in [0.15, 0.2) is 5.78 Å². The van der Waals surface area contributed by atoms with Crippen molar-refractivity contribution in [2.75, 3.05) is 12.4 Å². The fourth-order valence-corrected chi connectivity index (χ4v) is 2.90. The summed E-state index contributed by atoms with van der Waals surface area (Å²) < 4.78 is 5.21. The van der Waals surface area contributed by atoms with Crippen molar-refractivity contribution < 1.29 is 14.5 Å². The van der Waals surface area contributed by atoms with Crippen molar-refractivity contribution in [1.29, 1.82) is 0 Å². The molecule has 142 valence electrons. The first-order valence-corrected chi connectivity index (χ1v) is 8.80. The highest BCUT2D eigenvalue weighted by atomic mass is 16.6. The zero-order valence-corrected chi connectivity index (χ0v) is 15.4. The molecule has 28 heavy (non-hydrogen) atoms. The monoisotopic (exact) mass is 376 g/mol. The van der Waals surface area contributed by atoms with Crippen molar-refractivity contribution in [2.45, 2.75) is 12.5 Å². The van der Waals surface area contributed by atoms with Crippen molar-refractivity contribution in [1.82, 2.24) is 0 Å². The van der Waals surface area contributed by atoms with Gasteiger partial charge in [-0.3, -0.25) is 14.9 Å². The van der Waals surface area contributed by atoms with E-state index in [2.05, 4.69) is 5.32 Å². The average Bonchev–Trinajstić information content (AvgIpc) is 2.74. The SMILES string of the molecule is COc1ccc([C@H](CC(=O)c2ccc([N+](=O)[O-])cc2)Nc2ccccc2)cc1. The summed E-state index contributed by atoms with van der Waals surface area (Å²) in [6.45, 7) is 0. The average molecular weight is 376 g/mol. The number of para-hydroxylation sites is 1. The number of ketones is 1. The van der Waals surface area contributed by atoms with E-state index in [-0.39, 0.29) is 23.9 Å². The van der Waals surface area contributed by atoms with Gasteiger partial charge in [0.25, 0.3) is 5.69 Å². The standard InChI is InChI=1S/C22H20N2O4/c1-28-20-13-9-16(10-14-20)21(23-18-5-3-2-4-6-18)15-22(25)17-7-11-19(12-8-17)24(26)27/h2-14,21,23H,15H2,1H3/t21-/m0/s1. The van der Waals surface area contributed by atoms with Gasteiger partial charge in [-0.15, -0.1) is 0 Å². The summed E-state index contributed by atoms with van der Waals surface area (Å²) in [6.07, 6.45) is 0.207. The first-order valence-electron chi connectivity index (χ1n) is 8.80. The van der Waals surface area contributed by atoms with E-state index in [4.69, 9.17) is 4.74 Å². The minimum absolute atomic E-state index is 0.0364. The van der Waals surface area contributed by atoms with Crippen LogP contribution in [0.25, 0.3) is 0 Å². The van der Waals surface area contributed by atoms with Gasteiger partial charge in [0.1, 0.15) is 5.75 Å². The largest absolute Gasteiger partial charge is 0.497 e. The Morgan fingerprint density at radius 2 is 1.64 bits per heavy atom. The maximum atomic E-state index is 12.8. The predicted octanol–water partition coefficient (Wildman–Crippen LogP) is 5.03. The lowest BCUT2D eigenvalue weighted by Crippen LogP contribution is -2.16. The number of hydrogen-bond donors (Lipinski definition) is 1. The molecule has 0 saturated carbocycles. The number of carbonyl (C=O) groups excluding carboxylic acids is 1. The Labute approximate surface area is 162 Å². The first kappa shape index (κ1) is 19.1. The Balaban J connectivity index is 1.82. The Morgan fingerprint density at radius 1 is 1.00 bits per heavy atom. The highest BCUT2D eigenvalue weighted by molar-refractivity contribution is 5.96. The van der Waals surface area contributed by atoms with Gasteiger partial charge >= 0.3 is 0 Å². The fraction of sp³-hybridized carbons (Fsp3) is 0.136. The van der Waals surface area contributed by atoms with Crippen LogP contribution < -0.4 is 10.1 Å². The van der Waals surface area contributed by atoms with Gasteiger partial charge in [0.2, 0.25) is 0 Å². The van der Waals surface area contributed by atoms with Crippen molar-refractivity contribution in [3.63, 3.8) is 0 Å². The molecule has 0 radical (unpaired) electrons. The molecule has 0 aliphatic heterocycles. The van der Waals surface area contributed by atoms with E-state index in [9.17, 15) is 14.9 Å². The number of benzene rings is 3. The van der Waals surface area contributed by atoms with Crippen LogP contribution in [0.1, 0.15) is 28.4 Å². The smallest absolute Gasteiger partial charge is 0.269 e. The molecule has 0 fully saturated rings. The molecule has 0 spiro atoms. The number of nitro groups is 1. The number of methoxy groups -OCH3 is 1. The molecule has 1 atom stereocenters. The number of nitro benzene ring substituents is 1. The van der Waals surface area contributed by atoms with Crippen LogP contribution in [0.4, 0.5) is 11.4 Å². The zero-order chi connectivity index (χ0) is 19.9. The molecule has 0 saturated heterocycles. The molecule has 0 aliphatic rings. The molecule has 1 N–H and O–H groups in total. The Hall–Kier alpha value is -3.67. The minimum atomic E-state index is -0.481. The van der Waals surface area contributed by atoms with Crippen LogP contribution in [0, 0.1) is 10.1 Å². The highest BCUT2D eigenvalue weighted by Gasteiger charge is 2.18. The zero-order valence-electron chi connectivity index (χ0n) is 15.4. The summed E-state index contributed by atoms with van der Waals surface area (Å²) in [4.78, 5) is 23.1. The number of ether oxygens (including phenoxy) is 1. The van der Waals surface area contributed by atoms with E-state index >= 15 is 0 Å². The second-order valence-electron chi connectivity index (χ2n) is 6.27. The summed E-state index contributed by atoms with van der Waals surface area (Å²) in [7, 11) is 1.60. The summed E-state index contributed by atoms with van der Waals surface area (Å²) in [5, 5.41) is 14.2. The summed E-state index contributed by atoms with van der Waals surface area (Å²) in [6, 6.07) is 22.6. The van der Waals surface area contributed by atoms with Gasteiger partial charge in [-0.25, -0.2) is 0 Å². The third-order valence-electron chi connectivity index (χ3n) is 4.42. The van der Waals surface area contributed by atoms with Crippen LogP contribution >= 0.6 is 0 Å². The summed E-state index contributed by atoms with van der Waals surface area (Å²) in [5.74, 6) is 0.642. The summed E-state index contributed by atoms with van der Waals surface area (Å²) >= 11 is 0. The molecule has 0 heterocycles. The van der Waals surface area contributed by atoms with Gasteiger partial charge in [-0.2, -0.15) is 0 Å². The van der Waals surface area contributed by atoms with Crippen LogP contribution in [-0.2, 0) is 0 Å². The van der Waals surface area contributed by atoms with Crippen molar-refractivity contribution >= 4 is 17.2 Å². The van der Waals surface area contributed by atoms with Crippen molar-refractivity contribution in [2.24, 2.45) is 0 Å². The number of Topliss-reactive ketones (excluding diaryl/α,β-unsaturated/α-hetero) is 1. The lowest BCUT2D eigenvalue weighted by molar-refractivity contribution is -0.384. The van der Waals surface area contributed by atoms with Crippen LogP contribution in [-0.4, -0.2) is 17.8 Å². The second kappa shape index (κ2) is 8.81. The van der Waals surface area contributed by atoms with E-state index in [1.807, 2.05) is 54.6 Å². The fourth-order valence-electron chi connectivity index (χ4n) is 2.90. The number of nitrogens with zero attached hydrogens (tertiary/aromatic N) is 1. The Kier molecular flexibility index (Phi) is 6.01. The quantitative estimate of drug-likeness (QED) is 0.339. The maximum Gasteiger partial charge on any atom is 0.269 e. The number of non-ortho nitro benzene ring substituents is 1. The molecular formula is C22H20N2O4. The van der Waals surface area contributed by atoms with Crippen LogP contribution in [0.5, 0.6) is 5.75 Å². The number of nitrogens with one attached hydrogen (secondary N) is 1. The number of rotatable bonds is 8. The third-order valence-corrected chi connectivity index (χ3v) is 4.42. The van der Waals surface area contributed by atoms with Crippen LogP contribution in [0.3, 0.4) is 0 Å². The maximum absolute atomic E-state index is 12.8. The molecule has 0 bridgehead atoms. The van der Waals surface area contributed by atoms with Crippen molar-refractivity contribution in [3.8, 4) is 5.75 Å². The van der Waals surface area contributed by atoms with E-state index in [0.29, 0.717) is 5.56 Å². The van der Waals surface area contributed by atoms with Gasteiger partial charge in [0, 0.05) is 29.8 Å². The Bertz CT molecular complexity index is 939. The normalized spacial score (nSPS) is 11.5. The van der Waals surface area contributed by atoms with Crippen LogP contribution in [0.2, 0.25) is 0 Å². The molecule has 3 rings (SSSR count). The molecule has 0 amide bonds. The topological polar surface area (TPSA) is 81.5 Å². The highest BCUT2D eigenvalue weighted by Crippen LogP contribution is 2.26. The Morgan fingerprint density at radius 3 is 2.21 bits per heavy atom. The molecule has 0 aliphatic carbocycles. The van der Waals surface area contributed by atoms with Gasteiger partial charge in [-0.05, 0) is 42.0 Å². The molecule has 0 aromatic heterocycles. The number of carbonyl (C=O) groups is 1. The van der Waals surface area contributed by atoms with E-state index in [0.717, 1.165) is 17.0 Å². The minimum Gasteiger partial charge on any atom is -0.497 e. The van der Waals surface area contributed by atoms with Crippen molar-refractivity contribution in [3.05, 3.63) is 100 Å². The number of hydrogen-bond acceptors (Lipinski definition) is 5. The van der Waals surface area contributed by atoms with E-state index in [1.165, 1.54) is 24.3 Å². The van der Waals surface area contributed by atoms with E-state index < -0.39 is 4.92 Å². The van der Waals surface area contributed by atoms with Crippen LogP contribution in [0.15, 0.2) is 78.9 Å². The second-order valence-corrected chi connectivity index (χ2v) is 6.27. The lowest BCUT2D eigenvalue weighted by atomic mass is 9.97. The van der Waals surface area contributed by atoms with Gasteiger partial charge < -0.3 is 10.1 Å². The molecule has 0 unspecified atom stereocenters. The molecular weight excluding hydrogens is 356 g/mol. The van der Waals surface area contributed by atoms with Gasteiger partial charge in [-0.1, -0.05) is 30.3 Å². The molecule has 6 heteroatoms. The van der Waals surface area contributed by atoms with E-state index in [1.54, 1.807) is 7.11 Å². The third kappa shape index (κ3) is 4.73. The molecule has 6 nitrogen and oxygen atoms in total. The first-order chi connectivity index (χ1) is 13.6. The molecule has 3 aromatic carbocycles. The van der Waals surface area contributed by atoms with Gasteiger partial charge in [0.05, 0.1) is 18.1 Å². The number of anilines is 1.